The molecule has 0 unspecified atom stereocenters. The molecular weight excluding hydrogens is 460 g/mol. The van der Waals surface area contributed by atoms with E-state index >= 15 is 0 Å². The van der Waals surface area contributed by atoms with Crippen molar-refractivity contribution in [2.24, 2.45) is 0 Å². The van der Waals surface area contributed by atoms with Crippen molar-refractivity contribution >= 4 is 33.4 Å². The molecule has 31 heavy (non-hydrogen) atoms. The molecule has 1 aromatic heterocycles. The molecule has 2 N–H and O–H groups in total. The topological polar surface area (TPSA) is 85.3 Å². The zero-order valence-electron chi connectivity index (χ0n) is 17.5. The summed E-state index contributed by atoms with van der Waals surface area (Å²) in [4.78, 5) is 25.2. The minimum absolute atomic E-state index is 0.207. The third-order valence-corrected chi connectivity index (χ3v) is 5.02. The molecule has 2 aromatic carbocycles. The second-order valence-corrected chi connectivity index (χ2v) is 7.82. The maximum atomic E-state index is 12.8. The lowest BCUT2D eigenvalue weighted by Gasteiger charge is -2.09. The summed E-state index contributed by atoms with van der Waals surface area (Å²) < 4.78 is 8.39. The Morgan fingerprint density at radius 2 is 1.87 bits per heavy atom. The summed E-state index contributed by atoms with van der Waals surface area (Å²) in [6.07, 6.45) is 2.48. The van der Waals surface area contributed by atoms with Crippen molar-refractivity contribution in [1.29, 1.82) is 0 Å². The second-order valence-electron chi connectivity index (χ2n) is 6.90. The van der Waals surface area contributed by atoms with Crippen LogP contribution in [0.15, 0.2) is 59.2 Å². The number of carbonyl (C=O) groups is 2. The number of hydrogen-bond donors (Lipinski definition) is 2. The van der Waals surface area contributed by atoms with Crippen LogP contribution in [-0.4, -0.2) is 28.1 Å². The van der Waals surface area contributed by atoms with Crippen molar-refractivity contribution in [3.63, 3.8) is 0 Å². The van der Waals surface area contributed by atoms with E-state index in [-0.39, 0.29) is 17.5 Å². The first-order chi connectivity index (χ1) is 15.0. The fourth-order valence-corrected chi connectivity index (χ4v) is 3.12. The van der Waals surface area contributed by atoms with Crippen molar-refractivity contribution in [3.8, 4) is 5.75 Å². The van der Waals surface area contributed by atoms with E-state index in [2.05, 4.69) is 31.7 Å². The van der Waals surface area contributed by atoms with E-state index in [1.807, 2.05) is 44.2 Å². The van der Waals surface area contributed by atoms with E-state index in [0.717, 1.165) is 22.2 Å². The van der Waals surface area contributed by atoms with Crippen LogP contribution in [0.25, 0.3) is 0 Å². The van der Waals surface area contributed by atoms with E-state index in [0.29, 0.717) is 30.9 Å². The molecule has 0 saturated carbocycles. The lowest BCUT2D eigenvalue weighted by atomic mass is 10.1. The van der Waals surface area contributed by atoms with Gasteiger partial charge in [0.25, 0.3) is 11.8 Å². The van der Waals surface area contributed by atoms with Gasteiger partial charge in [-0.2, -0.15) is 5.10 Å². The van der Waals surface area contributed by atoms with Gasteiger partial charge in [0.1, 0.15) is 12.4 Å². The van der Waals surface area contributed by atoms with Gasteiger partial charge in [-0.05, 0) is 55.3 Å². The zero-order chi connectivity index (χ0) is 22.2. The highest BCUT2D eigenvalue weighted by molar-refractivity contribution is 9.10. The number of nitrogens with one attached hydrogen (secondary N) is 2. The molecule has 2 amide bonds. The van der Waals surface area contributed by atoms with Gasteiger partial charge in [-0.3, -0.25) is 14.3 Å². The van der Waals surface area contributed by atoms with E-state index in [4.69, 9.17) is 4.74 Å². The average Bonchev–Trinajstić information content (AvgIpc) is 3.20. The number of carbonyl (C=O) groups excluding carboxylic acids is 2. The number of rotatable bonds is 9. The molecule has 3 aromatic rings. The molecule has 0 aliphatic heterocycles. The SMILES string of the molecule is CCCNC(=O)c1nn(CC)cc1NC(=O)c1cccc(COc2ccc(Br)cc2)c1. The molecule has 162 valence electrons. The minimum atomic E-state index is -0.314. The summed E-state index contributed by atoms with van der Waals surface area (Å²) in [5.41, 5.74) is 1.93. The molecule has 7 nitrogen and oxygen atoms in total. The zero-order valence-corrected chi connectivity index (χ0v) is 19.1. The standard InChI is InChI=1S/C23H25BrN4O3/c1-3-12-25-23(30)21-20(14-28(4-2)27-21)26-22(29)17-7-5-6-16(13-17)15-31-19-10-8-18(24)9-11-19/h5-11,13-14H,3-4,12,15H2,1-2H3,(H,25,30)(H,26,29). The van der Waals surface area contributed by atoms with Crippen molar-refractivity contribution in [3.05, 3.63) is 76.0 Å². The van der Waals surface area contributed by atoms with E-state index in [1.54, 1.807) is 29.1 Å². The molecule has 3 rings (SSSR count). The van der Waals surface area contributed by atoms with E-state index < -0.39 is 0 Å². The Bertz CT molecular complexity index is 1050. The highest BCUT2D eigenvalue weighted by Gasteiger charge is 2.19. The Labute approximate surface area is 189 Å². The normalized spacial score (nSPS) is 10.5. The maximum absolute atomic E-state index is 12.8. The van der Waals surface area contributed by atoms with Gasteiger partial charge in [-0.15, -0.1) is 0 Å². The number of hydrogen-bond acceptors (Lipinski definition) is 4. The Kier molecular flexibility index (Phi) is 7.83. The summed E-state index contributed by atoms with van der Waals surface area (Å²) in [5, 5.41) is 9.90. The van der Waals surface area contributed by atoms with E-state index in [9.17, 15) is 9.59 Å². The Balaban J connectivity index is 1.70. The van der Waals surface area contributed by atoms with Crippen LogP contribution in [0.3, 0.4) is 0 Å². The molecule has 0 spiro atoms. The fourth-order valence-electron chi connectivity index (χ4n) is 2.86. The summed E-state index contributed by atoms with van der Waals surface area (Å²) in [7, 11) is 0. The number of aromatic nitrogens is 2. The molecule has 0 atom stereocenters. The molecule has 0 fully saturated rings. The van der Waals surface area contributed by atoms with Crippen molar-refractivity contribution < 1.29 is 14.3 Å². The maximum Gasteiger partial charge on any atom is 0.273 e. The van der Waals surface area contributed by atoms with Gasteiger partial charge < -0.3 is 15.4 Å². The Morgan fingerprint density at radius 1 is 1.10 bits per heavy atom. The number of ether oxygens (including phenoxy) is 1. The first-order valence-corrected chi connectivity index (χ1v) is 10.9. The fraction of sp³-hybridized carbons (Fsp3) is 0.261. The second kappa shape index (κ2) is 10.8. The molecule has 1 heterocycles. The third kappa shape index (κ3) is 6.18. The first-order valence-electron chi connectivity index (χ1n) is 10.1. The lowest BCUT2D eigenvalue weighted by Crippen LogP contribution is -2.26. The van der Waals surface area contributed by atoms with Crippen molar-refractivity contribution in [2.75, 3.05) is 11.9 Å². The molecule has 0 radical (unpaired) electrons. The van der Waals surface area contributed by atoms with Crippen molar-refractivity contribution in [2.45, 2.75) is 33.4 Å². The molecule has 0 saturated heterocycles. The monoisotopic (exact) mass is 484 g/mol. The third-order valence-electron chi connectivity index (χ3n) is 4.49. The number of nitrogens with zero attached hydrogens (tertiary/aromatic N) is 2. The van der Waals surface area contributed by atoms with Gasteiger partial charge >= 0.3 is 0 Å². The van der Waals surface area contributed by atoms with Crippen LogP contribution in [0.4, 0.5) is 5.69 Å². The van der Waals surface area contributed by atoms with Crippen LogP contribution in [0.1, 0.15) is 46.7 Å². The predicted octanol–water partition coefficient (Wildman–Crippen LogP) is 4.64. The first kappa shape index (κ1) is 22.6. The highest BCUT2D eigenvalue weighted by Crippen LogP contribution is 2.19. The Morgan fingerprint density at radius 3 is 2.58 bits per heavy atom. The number of benzene rings is 2. The molecule has 0 aliphatic rings. The number of halogens is 1. The number of amides is 2. The van der Waals surface area contributed by atoms with Gasteiger partial charge in [0.05, 0.1) is 5.69 Å². The lowest BCUT2D eigenvalue weighted by molar-refractivity contribution is 0.0948. The largest absolute Gasteiger partial charge is 0.489 e. The van der Waals surface area contributed by atoms with Gasteiger partial charge in [0.2, 0.25) is 0 Å². The van der Waals surface area contributed by atoms with Crippen LogP contribution < -0.4 is 15.4 Å². The molecular formula is C23H25BrN4O3. The van der Waals surface area contributed by atoms with Crippen LogP contribution in [0, 0.1) is 0 Å². The molecule has 0 bridgehead atoms. The number of anilines is 1. The average molecular weight is 485 g/mol. The summed E-state index contributed by atoms with van der Waals surface area (Å²) in [6, 6.07) is 14.8. The molecule has 0 aliphatic carbocycles. The van der Waals surface area contributed by atoms with E-state index in [1.165, 1.54) is 0 Å². The van der Waals surface area contributed by atoms with Crippen LogP contribution >= 0.6 is 15.9 Å². The van der Waals surface area contributed by atoms with Gasteiger partial charge in [-0.1, -0.05) is 35.0 Å². The van der Waals surface area contributed by atoms with Crippen molar-refractivity contribution in [1.82, 2.24) is 15.1 Å². The summed E-state index contributed by atoms with van der Waals surface area (Å²) >= 11 is 3.40. The summed E-state index contributed by atoms with van der Waals surface area (Å²) in [5.74, 6) is 0.124. The van der Waals surface area contributed by atoms with Crippen LogP contribution in [-0.2, 0) is 13.2 Å². The summed E-state index contributed by atoms with van der Waals surface area (Å²) in [6.45, 7) is 5.36. The predicted molar refractivity (Wildman–Crippen MR) is 123 cm³/mol. The molecule has 8 heteroatoms. The quantitative estimate of drug-likeness (QED) is 0.463. The van der Waals surface area contributed by atoms with Crippen LogP contribution in [0.2, 0.25) is 0 Å². The van der Waals surface area contributed by atoms with Gasteiger partial charge in [0.15, 0.2) is 5.69 Å². The minimum Gasteiger partial charge on any atom is -0.489 e. The Hall–Kier alpha value is -3.13. The van der Waals surface area contributed by atoms with Crippen LogP contribution in [0.5, 0.6) is 5.75 Å². The van der Waals surface area contributed by atoms with Gasteiger partial charge in [0, 0.05) is 29.3 Å². The highest BCUT2D eigenvalue weighted by atomic mass is 79.9. The number of aryl methyl sites for hydroxylation is 1. The smallest absolute Gasteiger partial charge is 0.273 e. The van der Waals surface area contributed by atoms with Gasteiger partial charge in [-0.25, -0.2) is 0 Å².